The zero-order chi connectivity index (χ0) is 8.01. The van der Waals surface area contributed by atoms with Crippen LogP contribution in [-0.4, -0.2) is 19.1 Å². The lowest BCUT2D eigenvalue weighted by Crippen LogP contribution is -2.20. The van der Waals surface area contributed by atoms with Crippen LogP contribution in [0.3, 0.4) is 0 Å². The molecule has 3 nitrogen and oxygen atoms in total. The highest BCUT2D eigenvalue weighted by atomic mass is 16.5. The van der Waals surface area contributed by atoms with E-state index in [1.165, 1.54) is 7.11 Å². The van der Waals surface area contributed by atoms with Crippen LogP contribution in [0, 0.1) is 17.8 Å². The van der Waals surface area contributed by atoms with Crippen molar-refractivity contribution in [1.82, 2.24) is 0 Å². The summed E-state index contributed by atoms with van der Waals surface area (Å²) in [5.41, 5.74) is 5.71. The maximum Gasteiger partial charge on any atom is 0.309 e. The van der Waals surface area contributed by atoms with Crippen LogP contribution in [0.4, 0.5) is 0 Å². The van der Waals surface area contributed by atoms with E-state index in [0.29, 0.717) is 17.9 Å². The predicted octanol–water partition coefficient (Wildman–Crippen LogP) is 0.143. The first kappa shape index (κ1) is 7.10. The van der Waals surface area contributed by atoms with Crippen molar-refractivity contribution in [2.45, 2.75) is 18.9 Å². The summed E-state index contributed by atoms with van der Waals surface area (Å²) in [5.74, 6) is 1.27. The molecule has 0 heterocycles. The SMILES string of the molecule is COC(=O)C1C2CC(N)CC21. The van der Waals surface area contributed by atoms with Gasteiger partial charge in [0, 0.05) is 6.04 Å². The first-order valence-corrected chi connectivity index (χ1v) is 4.07. The molecule has 0 bridgehead atoms. The number of esters is 1. The number of methoxy groups -OCH3 is 1. The molecular weight excluding hydrogens is 142 g/mol. The van der Waals surface area contributed by atoms with Gasteiger partial charge in [-0.05, 0) is 24.7 Å². The zero-order valence-corrected chi connectivity index (χ0v) is 6.62. The van der Waals surface area contributed by atoms with Gasteiger partial charge < -0.3 is 10.5 Å². The van der Waals surface area contributed by atoms with Crippen molar-refractivity contribution in [3.05, 3.63) is 0 Å². The van der Waals surface area contributed by atoms with Crippen LogP contribution in [0.2, 0.25) is 0 Å². The van der Waals surface area contributed by atoms with Gasteiger partial charge in [0.05, 0.1) is 13.0 Å². The summed E-state index contributed by atoms with van der Waals surface area (Å²) in [5, 5.41) is 0. The maximum absolute atomic E-state index is 11.0. The second-order valence-electron chi connectivity index (χ2n) is 3.61. The Hall–Kier alpha value is -0.570. The highest BCUT2D eigenvalue weighted by Crippen LogP contribution is 2.57. The van der Waals surface area contributed by atoms with Gasteiger partial charge in [0.25, 0.3) is 0 Å². The highest BCUT2D eigenvalue weighted by Gasteiger charge is 2.59. The summed E-state index contributed by atoms with van der Waals surface area (Å²) in [7, 11) is 1.45. The Labute approximate surface area is 65.9 Å². The standard InChI is InChI=1S/C8H13NO2/c1-11-8(10)7-5-2-4(9)3-6(5)7/h4-7H,2-3,9H2,1H3. The molecule has 0 aromatic carbocycles. The van der Waals surface area contributed by atoms with Crippen molar-refractivity contribution in [1.29, 1.82) is 0 Å². The Balaban J connectivity index is 1.92. The van der Waals surface area contributed by atoms with Gasteiger partial charge in [0.2, 0.25) is 0 Å². The molecule has 0 aliphatic heterocycles. The molecule has 2 rings (SSSR count). The number of hydrogen-bond donors (Lipinski definition) is 1. The third-order valence-electron chi connectivity index (χ3n) is 2.95. The second-order valence-corrected chi connectivity index (χ2v) is 3.61. The molecule has 0 saturated heterocycles. The van der Waals surface area contributed by atoms with E-state index in [0.717, 1.165) is 12.8 Å². The predicted molar refractivity (Wildman–Crippen MR) is 39.7 cm³/mol. The molecule has 2 fully saturated rings. The molecule has 0 amide bonds. The third-order valence-corrected chi connectivity index (χ3v) is 2.95. The first-order valence-electron chi connectivity index (χ1n) is 4.07. The van der Waals surface area contributed by atoms with Gasteiger partial charge in [-0.2, -0.15) is 0 Å². The van der Waals surface area contributed by atoms with Crippen LogP contribution in [0.15, 0.2) is 0 Å². The van der Waals surface area contributed by atoms with Crippen molar-refractivity contribution in [2.75, 3.05) is 7.11 Å². The fraction of sp³-hybridized carbons (Fsp3) is 0.875. The summed E-state index contributed by atoms with van der Waals surface area (Å²) < 4.78 is 4.67. The summed E-state index contributed by atoms with van der Waals surface area (Å²) in [4.78, 5) is 11.0. The van der Waals surface area contributed by atoms with Crippen LogP contribution in [0.5, 0.6) is 0 Å². The minimum absolute atomic E-state index is 0.0353. The van der Waals surface area contributed by atoms with E-state index in [-0.39, 0.29) is 11.9 Å². The van der Waals surface area contributed by atoms with E-state index in [2.05, 4.69) is 4.74 Å². The van der Waals surface area contributed by atoms with Crippen LogP contribution >= 0.6 is 0 Å². The molecule has 2 aliphatic rings. The molecule has 2 aliphatic carbocycles. The van der Waals surface area contributed by atoms with Gasteiger partial charge in [-0.15, -0.1) is 0 Å². The maximum atomic E-state index is 11.0. The largest absolute Gasteiger partial charge is 0.469 e. The Bertz CT molecular complexity index is 181. The lowest BCUT2D eigenvalue weighted by molar-refractivity contribution is -0.143. The third kappa shape index (κ3) is 0.948. The normalized spacial score (nSPS) is 46.7. The summed E-state index contributed by atoms with van der Waals surface area (Å²) in [6, 6.07) is 0.339. The van der Waals surface area contributed by atoms with Gasteiger partial charge in [0.15, 0.2) is 0 Å². The molecule has 0 spiro atoms. The second kappa shape index (κ2) is 2.21. The van der Waals surface area contributed by atoms with E-state index in [4.69, 9.17) is 5.73 Å². The van der Waals surface area contributed by atoms with Crippen LogP contribution in [0.1, 0.15) is 12.8 Å². The van der Waals surface area contributed by atoms with Crippen molar-refractivity contribution in [2.24, 2.45) is 23.5 Å². The number of nitrogens with two attached hydrogens (primary N) is 1. The molecule has 3 heteroatoms. The average molecular weight is 155 g/mol. The number of rotatable bonds is 1. The Kier molecular flexibility index (Phi) is 1.42. The van der Waals surface area contributed by atoms with Crippen molar-refractivity contribution in [3.8, 4) is 0 Å². The van der Waals surface area contributed by atoms with Crippen LogP contribution in [-0.2, 0) is 9.53 Å². The lowest BCUT2D eigenvalue weighted by Gasteiger charge is -2.06. The zero-order valence-electron chi connectivity index (χ0n) is 6.62. The average Bonchev–Trinajstić information content (AvgIpc) is 2.48. The summed E-state index contributed by atoms with van der Waals surface area (Å²) in [6.45, 7) is 0. The van der Waals surface area contributed by atoms with Gasteiger partial charge in [-0.25, -0.2) is 0 Å². The van der Waals surface area contributed by atoms with E-state index >= 15 is 0 Å². The fourth-order valence-electron chi connectivity index (χ4n) is 2.37. The van der Waals surface area contributed by atoms with Gasteiger partial charge in [-0.1, -0.05) is 0 Å². The molecule has 0 radical (unpaired) electrons. The monoisotopic (exact) mass is 155 g/mol. The Morgan fingerprint density at radius 3 is 2.45 bits per heavy atom. The van der Waals surface area contributed by atoms with E-state index < -0.39 is 0 Å². The Morgan fingerprint density at radius 2 is 2.00 bits per heavy atom. The van der Waals surface area contributed by atoms with Gasteiger partial charge in [-0.3, -0.25) is 4.79 Å². The van der Waals surface area contributed by atoms with E-state index in [1.54, 1.807) is 0 Å². The number of hydrogen-bond acceptors (Lipinski definition) is 3. The number of ether oxygens (including phenoxy) is 1. The molecule has 11 heavy (non-hydrogen) atoms. The highest BCUT2D eigenvalue weighted by molar-refractivity contribution is 5.76. The number of carbonyl (C=O) groups excluding carboxylic acids is 1. The molecule has 0 aromatic heterocycles. The lowest BCUT2D eigenvalue weighted by atomic mass is 10.1. The van der Waals surface area contributed by atoms with E-state index in [1.807, 2.05) is 0 Å². The summed E-state index contributed by atoms with van der Waals surface area (Å²) in [6.07, 6.45) is 2.04. The summed E-state index contributed by atoms with van der Waals surface area (Å²) >= 11 is 0. The molecule has 62 valence electrons. The molecule has 2 unspecified atom stereocenters. The van der Waals surface area contributed by atoms with Crippen LogP contribution in [0.25, 0.3) is 0 Å². The molecule has 2 atom stereocenters. The molecular formula is C8H13NO2. The Morgan fingerprint density at radius 1 is 1.45 bits per heavy atom. The van der Waals surface area contributed by atoms with Crippen LogP contribution < -0.4 is 5.73 Å². The first-order chi connectivity index (χ1) is 5.24. The van der Waals surface area contributed by atoms with Gasteiger partial charge >= 0.3 is 5.97 Å². The minimum atomic E-state index is -0.0353. The van der Waals surface area contributed by atoms with Crippen molar-refractivity contribution in [3.63, 3.8) is 0 Å². The smallest absolute Gasteiger partial charge is 0.309 e. The van der Waals surface area contributed by atoms with Crippen molar-refractivity contribution < 1.29 is 9.53 Å². The van der Waals surface area contributed by atoms with Crippen molar-refractivity contribution >= 4 is 5.97 Å². The molecule has 2 N–H and O–H groups in total. The number of carbonyl (C=O) groups is 1. The quantitative estimate of drug-likeness (QED) is 0.548. The van der Waals surface area contributed by atoms with E-state index in [9.17, 15) is 4.79 Å². The topological polar surface area (TPSA) is 52.3 Å². The molecule has 2 saturated carbocycles. The van der Waals surface area contributed by atoms with Gasteiger partial charge in [0.1, 0.15) is 0 Å². The number of fused-ring (bicyclic) bond motifs is 1. The fourth-order valence-corrected chi connectivity index (χ4v) is 2.37. The minimum Gasteiger partial charge on any atom is -0.469 e. The molecule has 0 aromatic rings.